The van der Waals surface area contributed by atoms with Crippen molar-refractivity contribution < 1.29 is 19.8 Å². The highest BCUT2D eigenvalue weighted by Gasteiger charge is 2.44. The molecule has 4 heterocycles. The van der Waals surface area contributed by atoms with E-state index in [9.17, 15) is 19.8 Å². The Morgan fingerprint density at radius 3 is 2.29 bits per heavy atom. The van der Waals surface area contributed by atoms with Crippen LogP contribution < -0.4 is 26.2 Å². The number of aliphatic hydroxyl groups is 2. The van der Waals surface area contributed by atoms with Gasteiger partial charge in [0.1, 0.15) is 12.2 Å². The normalized spacial score (nSPS) is 21.2. The van der Waals surface area contributed by atoms with Crippen molar-refractivity contribution in [2.75, 3.05) is 35.2 Å². The molecule has 1 saturated carbocycles. The lowest BCUT2D eigenvalue weighted by Gasteiger charge is -2.22. The number of imidazole rings is 1. The number of carbonyl (C=O) groups is 2. The van der Waals surface area contributed by atoms with E-state index in [0.717, 1.165) is 11.1 Å². The second kappa shape index (κ2) is 16.4. The first kappa shape index (κ1) is 36.5. The van der Waals surface area contributed by atoms with Crippen LogP contribution in [0.1, 0.15) is 49.3 Å². The minimum Gasteiger partial charge on any atom is -0.388 e. The molecule has 272 valence electrons. The van der Waals surface area contributed by atoms with Crippen molar-refractivity contribution in [3.8, 4) is 0 Å². The number of halogens is 1. The monoisotopic (exact) mass is 726 g/mol. The van der Waals surface area contributed by atoms with Gasteiger partial charge in [0.25, 0.3) is 0 Å². The van der Waals surface area contributed by atoms with Crippen molar-refractivity contribution in [2.45, 2.75) is 62.4 Å². The van der Waals surface area contributed by atoms with E-state index in [0.29, 0.717) is 61.1 Å². The standard InChI is InChI=1S/C37H42N10O4.ClH/c1-2-30(48)43-28-19-29(33(50)32(28)49)47-22-40-31-34(39-20-27(23-9-5-3-6-10-23)24-11-7-4-8-12-24)44-36(45-35(31)47)46-18-15-26(21-46)42-37(51)41-25-13-16-38-17-14-25;/h3-14,16-17,22,26-29,32-33,49-50H,2,15,18-21H2,1H3,(H,43,48)(H,39,44,45)(H2,38,41,42,51);1H/t26?,28-,29+,32+,33-;/m0./s1. The van der Waals surface area contributed by atoms with Gasteiger partial charge in [0.05, 0.1) is 18.4 Å². The Bertz CT molecular complexity index is 1910. The summed E-state index contributed by atoms with van der Waals surface area (Å²) in [6, 6.07) is 22.3. The first-order valence-corrected chi connectivity index (χ1v) is 17.3. The molecular weight excluding hydrogens is 684 g/mol. The molecule has 7 rings (SSSR count). The Kier molecular flexibility index (Phi) is 11.5. The largest absolute Gasteiger partial charge is 0.388 e. The first-order valence-electron chi connectivity index (χ1n) is 17.3. The fourth-order valence-electron chi connectivity index (χ4n) is 6.99. The van der Waals surface area contributed by atoms with Gasteiger partial charge in [-0.25, -0.2) is 9.78 Å². The van der Waals surface area contributed by atoms with E-state index in [1.165, 1.54) is 0 Å². The fourth-order valence-corrected chi connectivity index (χ4v) is 6.99. The summed E-state index contributed by atoms with van der Waals surface area (Å²) in [4.78, 5) is 45.6. The maximum Gasteiger partial charge on any atom is 0.319 e. The van der Waals surface area contributed by atoms with Gasteiger partial charge in [-0.1, -0.05) is 67.6 Å². The zero-order valence-corrected chi connectivity index (χ0v) is 29.5. The van der Waals surface area contributed by atoms with Crippen molar-refractivity contribution in [3.63, 3.8) is 0 Å². The Labute approximate surface area is 307 Å². The number of hydrogen-bond donors (Lipinski definition) is 6. The Balaban J connectivity index is 0.00000464. The highest BCUT2D eigenvalue weighted by Crippen LogP contribution is 2.35. The summed E-state index contributed by atoms with van der Waals surface area (Å²) in [5.41, 5.74) is 3.95. The van der Waals surface area contributed by atoms with E-state index in [1.54, 1.807) is 42.3 Å². The number of nitrogens with zero attached hydrogens (tertiary/aromatic N) is 6. The van der Waals surface area contributed by atoms with Gasteiger partial charge in [-0.3, -0.25) is 9.78 Å². The molecule has 3 aromatic heterocycles. The number of urea groups is 1. The number of amides is 3. The third-order valence-electron chi connectivity index (χ3n) is 9.71. The molecule has 1 saturated heterocycles. The molecule has 1 unspecified atom stereocenters. The number of aliphatic hydroxyl groups excluding tert-OH is 2. The molecule has 3 amide bonds. The van der Waals surface area contributed by atoms with Gasteiger partial charge < -0.3 is 40.9 Å². The number of nitrogens with one attached hydrogen (secondary N) is 4. The Morgan fingerprint density at radius 1 is 0.923 bits per heavy atom. The summed E-state index contributed by atoms with van der Waals surface area (Å²) in [6.07, 6.45) is 3.80. The van der Waals surface area contributed by atoms with E-state index < -0.39 is 24.3 Å². The van der Waals surface area contributed by atoms with Crippen molar-refractivity contribution in [1.29, 1.82) is 0 Å². The topological polar surface area (TPSA) is 182 Å². The lowest BCUT2D eigenvalue weighted by Crippen LogP contribution is -2.42. The van der Waals surface area contributed by atoms with Gasteiger partial charge in [0, 0.05) is 56.1 Å². The summed E-state index contributed by atoms with van der Waals surface area (Å²) >= 11 is 0. The molecule has 0 radical (unpaired) electrons. The van der Waals surface area contributed by atoms with Gasteiger partial charge in [-0.15, -0.1) is 12.4 Å². The van der Waals surface area contributed by atoms with E-state index in [1.807, 2.05) is 41.3 Å². The molecule has 2 aliphatic rings. The van der Waals surface area contributed by atoms with Crippen LogP contribution in [0.5, 0.6) is 0 Å². The third-order valence-corrected chi connectivity index (χ3v) is 9.71. The van der Waals surface area contributed by atoms with E-state index in [4.69, 9.17) is 15.0 Å². The number of hydrogen-bond acceptors (Lipinski definition) is 10. The molecule has 0 bridgehead atoms. The van der Waals surface area contributed by atoms with E-state index in [-0.39, 0.29) is 42.7 Å². The predicted molar refractivity (Wildman–Crippen MR) is 201 cm³/mol. The van der Waals surface area contributed by atoms with Gasteiger partial charge in [-0.05, 0) is 36.1 Å². The lowest BCUT2D eigenvalue weighted by atomic mass is 9.91. The zero-order valence-electron chi connectivity index (χ0n) is 28.7. The molecule has 52 heavy (non-hydrogen) atoms. The number of rotatable bonds is 11. The van der Waals surface area contributed by atoms with Crippen LogP contribution in [0.2, 0.25) is 0 Å². The van der Waals surface area contributed by atoms with E-state index in [2.05, 4.69) is 50.5 Å². The van der Waals surface area contributed by atoms with E-state index >= 15 is 0 Å². The highest BCUT2D eigenvalue weighted by atomic mass is 35.5. The molecule has 5 aromatic rings. The fraction of sp³-hybridized carbons (Fsp3) is 0.351. The van der Waals surface area contributed by atoms with Gasteiger partial charge >= 0.3 is 6.03 Å². The third kappa shape index (κ3) is 7.93. The number of aromatic nitrogens is 5. The molecular formula is C37H43ClN10O4. The number of anilines is 3. The molecule has 0 spiro atoms. The molecule has 2 aromatic carbocycles. The average molecular weight is 727 g/mol. The first-order chi connectivity index (χ1) is 24.9. The van der Waals surface area contributed by atoms with Crippen LogP contribution in [0.15, 0.2) is 91.5 Å². The number of carbonyl (C=O) groups excluding carboxylic acids is 2. The number of fused-ring (bicyclic) bond motifs is 1. The zero-order chi connectivity index (χ0) is 35.3. The van der Waals surface area contributed by atoms with Gasteiger partial charge in [0.15, 0.2) is 17.0 Å². The molecule has 14 nitrogen and oxygen atoms in total. The molecule has 1 aliphatic heterocycles. The Morgan fingerprint density at radius 2 is 1.62 bits per heavy atom. The molecule has 6 N–H and O–H groups in total. The maximum atomic E-state index is 12.8. The molecule has 5 atom stereocenters. The van der Waals surface area contributed by atoms with Crippen LogP contribution in [-0.2, 0) is 4.79 Å². The lowest BCUT2D eigenvalue weighted by molar-refractivity contribution is -0.122. The van der Waals surface area contributed by atoms with Crippen LogP contribution in [0.4, 0.5) is 22.2 Å². The predicted octanol–water partition coefficient (Wildman–Crippen LogP) is 3.85. The smallest absolute Gasteiger partial charge is 0.319 e. The van der Waals surface area contributed by atoms with Crippen molar-refractivity contribution in [2.24, 2.45) is 0 Å². The average Bonchev–Trinajstić information content (AvgIpc) is 3.87. The molecule has 1 aliphatic carbocycles. The van der Waals surface area contributed by atoms with Gasteiger partial charge in [0.2, 0.25) is 11.9 Å². The van der Waals surface area contributed by atoms with Crippen LogP contribution in [0, 0.1) is 0 Å². The summed E-state index contributed by atoms with van der Waals surface area (Å²) < 4.78 is 1.78. The minimum atomic E-state index is -1.15. The maximum absolute atomic E-state index is 12.8. The summed E-state index contributed by atoms with van der Waals surface area (Å²) in [5, 5.41) is 34.4. The minimum absolute atomic E-state index is 0. The van der Waals surface area contributed by atoms with Crippen molar-refractivity contribution >= 4 is 53.0 Å². The van der Waals surface area contributed by atoms with Crippen LogP contribution in [0.25, 0.3) is 11.2 Å². The number of pyridine rings is 1. The molecule has 2 fully saturated rings. The Hall–Kier alpha value is -5.31. The SMILES string of the molecule is CCC(=O)N[C@H]1C[C@@H](n2cnc3c(NCC(c4ccccc4)c4ccccc4)nc(N4CCC(NC(=O)Nc5ccncc5)C4)nc32)[C@H](O)[C@@H]1O.Cl. The second-order valence-electron chi connectivity index (χ2n) is 13.0. The summed E-state index contributed by atoms with van der Waals surface area (Å²) in [6.45, 7) is 3.34. The van der Waals surface area contributed by atoms with Gasteiger partial charge in [-0.2, -0.15) is 9.97 Å². The van der Waals surface area contributed by atoms with Crippen molar-refractivity contribution in [1.82, 2.24) is 35.1 Å². The van der Waals surface area contributed by atoms with Crippen LogP contribution in [-0.4, -0.2) is 90.6 Å². The van der Waals surface area contributed by atoms with Crippen LogP contribution in [0.3, 0.4) is 0 Å². The molecule has 15 heteroatoms. The second-order valence-corrected chi connectivity index (χ2v) is 13.0. The van der Waals surface area contributed by atoms with Crippen molar-refractivity contribution in [3.05, 3.63) is 103 Å². The van der Waals surface area contributed by atoms with Crippen LogP contribution >= 0.6 is 12.4 Å². The summed E-state index contributed by atoms with van der Waals surface area (Å²) in [5.74, 6) is 0.792. The highest BCUT2D eigenvalue weighted by molar-refractivity contribution is 5.89. The summed E-state index contributed by atoms with van der Waals surface area (Å²) in [7, 11) is 0. The number of benzene rings is 2. The quantitative estimate of drug-likeness (QED) is 0.117.